The van der Waals surface area contributed by atoms with Crippen molar-refractivity contribution in [2.24, 2.45) is 0 Å². The molecule has 0 N–H and O–H groups in total. The third-order valence-corrected chi connectivity index (χ3v) is 14.5. The predicted molar refractivity (Wildman–Crippen MR) is 303 cm³/mol. The molecule has 414 valence electrons. The molecular formula is C64H122O6. The molecule has 0 fully saturated rings. The molecule has 1 atom stereocenters. The SMILES string of the molecule is CCCCCCC/C=C\CCCCCCCC(=O)OCC(COC(=O)CCCCCCCCCCCCCCCCCCCCCCCC)OC(=O)CCCCCCCCCCCCCCCCCC. The molecule has 0 aromatic heterocycles. The van der Waals surface area contributed by atoms with Crippen molar-refractivity contribution in [1.29, 1.82) is 0 Å². The first-order valence-electron chi connectivity index (χ1n) is 31.7. The summed E-state index contributed by atoms with van der Waals surface area (Å²) in [5, 5.41) is 0. The van der Waals surface area contributed by atoms with Crippen molar-refractivity contribution in [3.63, 3.8) is 0 Å². The van der Waals surface area contributed by atoms with Crippen LogP contribution in [0.3, 0.4) is 0 Å². The lowest BCUT2D eigenvalue weighted by Gasteiger charge is -2.18. The quantitative estimate of drug-likeness (QED) is 0.0261. The van der Waals surface area contributed by atoms with Gasteiger partial charge in [0.05, 0.1) is 0 Å². The summed E-state index contributed by atoms with van der Waals surface area (Å²) in [7, 11) is 0. The summed E-state index contributed by atoms with van der Waals surface area (Å²) >= 11 is 0. The van der Waals surface area contributed by atoms with Crippen LogP contribution in [0, 0.1) is 0 Å². The Morgan fingerprint density at radius 2 is 0.471 bits per heavy atom. The van der Waals surface area contributed by atoms with Crippen LogP contribution >= 0.6 is 0 Å². The molecule has 6 nitrogen and oxygen atoms in total. The normalized spacial score (nSPS) is 12.0. The van der Waals surface area contributed by atoms with E-state index in [0.717, 1.165) is 64.2 Å². The van der Waals surface area contributed by atoms with Crippen molar-refractivity contribution in [2.45, 2.75) is 367 Å². The van der Waals surface area contributed by atoms with Crippen molar-refractivity contribution in [3.05, 3.63) is 12.2 Å². The zero-order valence-electron chi connectivity index (χ0n) is 47.6. The topological polar surface area (TPSA) is 78.9 Å². The highest BCUT2D eigenvalue weighted by Crippen LogP contribution is 2.18. The third kappa shape index (κ3) is 57.1. The molecule has 0 amide bonds. The zero-order valence-corrected chi connectivity index (χ0v) is 47.6. The summed E-state index contributed by atoms with van der Waals surface area (Å²) in [6.45, 7) is 6.70. The second-order valence-corrected chi connectivity index (χ2v) is 21.7. The van der Waals surface area contributed by atoms with E-state index in [-0.39, 0.29) is 31.1 Å². The van der Waals surface area contributed by atoms with Crippen molar-refractivity contribution in [2.75, 3.05) is 13.2 Å². The summed E-state index contributed by atoms with van der Waals surface area (Å²) in [4.78, 5) is 38.2. The van der Waals surface area contributed by atoms with Crippen LogP contribution in [0.2, 0.25) is 0 Å². The lowest BCUT2D eigenvalue weighted by atomic mass is 10.0. The average Bonchev–Trinajstić information content (AvgIpc) is 3.36. The van der Waals surface area contributed by atoms with Crippen LogP contribution in [0.5, 0.6) is 0 Å². The maximum absolute atomic E-state index is 12.9. The van der Waals surface area contributed by atoms with E-state index in [1.54, 1.807) is 0 Å². The van der Waals surface area contributed by atoms with Gasteiger partial charge in [-0.25, -0.2) is 0 Å². The van der Waals surface area contributed by atoms with Crippen LogP contribution in [0.4, 0.5) is 0 Å². The fourth-order valence-electron chi connectivity index (χ4n) is 9.74. The lowest BCUT2D eigenvalue weighted by molar-refractivity contribution is -0.167. The van der Waals surface area contributed by atoms with E-state index in [0.29, 0.717) is 19.3 Å². The Kier molecular flexibility index (Phi) is 58.1. The van der Waals surface area contributed by atoms with E-state index < -0.39 is 6.10 Å². The van der Waals surface area contributed by atoms with Gasteiger partial charge in [-0.2, -0.15) is 0 Å². The Morgan fingerprint density at radius 1 is 0.271 bits per heavy atom. The maximum Gasteiger partial charge on any atom is 0.306 e. The van der Waals surface area contributed by atoms with Gasteiger partial charge in [0.1, 0.15) is 13.2 Å². The largest absolute Gasteiger partial charge is 0.462 e. The van der Waals surface area contributed by atoms with Gasteiger partial charge in [-0.1, -0.05) is 309 Å². The second kappa shape index (κ2) is 59.7. The van der Waals surface area contributed by atoms with Crippen LogP contribution in [-0.2, 0) is 28.6 Å². The van der Waals surface area contributed by atoms with Crippen LogP contribution < -0.4 is 0 Å². The van der Waals surface area contributed by atoms with Crippen LogP contribution in [0.25, 0.3) is 0 Å². The number of hydrogen-bond acceptors (Lipinski definition) is 6. The first kappa shape index (κ1) is 68.2. The number of ether oxygens (including phenoxy) is 3. The van der Waals surface area contributed by atoms with E-state index in [9.17, 15) is 14.4 Å². The molecule has 0 aromatic rings. The Balaban J connectivity index is 4.25. The number of esters is 3. The van der Waals surface area contributed by atoms with Crippen LogP contribution in [-0.4, -0.2) is 37.2 Å². The smallest absolute Gasteiger partial charge is 0.306 e. The minimum absolute atomic E-state index is 0.0660. The second-order valence-electron chi connectivity index (χ2n) is 21.7. The predicted octanol–water partition coefficient (Wildman–Crippen LogP) is 21.3. The number of allylic oxidation sites excluding steroid dienone is 2. The zero-order chi connectivity index (χ0) is 50.7. The highest BCUT2D eigenvalue weighted by Gasteiger charge is 2.19. The van der Waals surface area contributed by atoms with Crippen LogP contribution in [0.1, 0.15) is 361 Å². The van der Waals surface area contributed by atoms with E-state index in [1.165, 1.54) is 257 Å². The van der Waals surface area contributed by atoms with Crippen molar-refractivity contribution in [3.8, 4) is 0 Å². The number of carbonyl (C=O) groups excluding carboxylic acids is 3. The molecule has 0 aromatic carbocycles. The third-order valence-electron chi connectivity index (χ3n) is 14.5. The van der Waals surface area contributed by atoms with Crippen molar-refractivity contribution < 1.29 is 28.6 Å². The number of rotatable bonds is 59. The Morgan fingerprint density at radius 3 is 0.714 bits per heavy atom. The number of hydrogen-bond donors (Lipinski definition) is 0. The van der Waals surface area contributed by atoms with Crippen molar-refractivity contribution >= 4 is 17.9 Å². The van der Waals surface area contributed by atoms with Gasteiger partial charge in [-0.3, -0.25) is 14.4 Å². The summed E-state index contributed by atoms with van der Waals surface area (Å²) in [6.07, 6.45) is 69.3. The molecule has 0 rings (SSSR count). The molecule has 0 aliphatic heterocycles. The molecule has 0 spiro atoms. The lowest BCUT2D eigenvalue weighted by Crippen LogP contribution is -2.30. The van der Waals surface area contributed by atoms with Gasteiger partial charge in [0.15, 0.2) is 6.10 Å². The molecule has 6 heteroatoms. The van der Waals surface area contributed by atoms with Gasteiger partial charge in [-0.05, 0) is 44.9 Å². The van der Waals surface area contributed by atoms with E-state index in [2.05, 4.69) is 32.9 Å². The average molecular weight is 988 g/mol. The molecule has 0 radical (unpaired) electrons. The van der Waals surface area contributed by atoms with Gasteiger partial charge in [-0.15, -0.1) is 0 Å². The minimum atomic E-state index is -0.768. The van der Waals surface area contributed by atoms with Gasteiger partial charge < -0.3 is 14.2 Å². The van der Waals surface area contributed by atoms with E-state index >= 15 is 0 Å². The number of carbonyl (C=O) groups is 3. The molecule has 0 saturated carbocycles. The summed E-state index contributed by atoms with van der Waals surface area (Å²) in [5.41, 5.74) is 0. The minimum Gasteiger partial charge on any atom is -0.462 e. The molecule has 0 aliphatic carbocycles. The molecule has 0 aliphatic rings. The molecular weight excluding hydrogens is 865 g/mol. The fourth-order valence-corrected chi connectivity index (χ4v) is 9.74. The monoisotopic (exact) mass is 987 g/mol. The van der Waals surface area contributed by atoms with E-state index in [4.69, 9.17) is 14.2 Å². The summed E-state index contributed by atoms with van der Waals surface area (Å²) < 4.78 is 16.9. The fraction of sp³-hybridized carbons (Fsp3) is 0.922. The highest BCUT2D eigenvalue weighted by molar-refractivity contribution is 5.71. The van der Waals surface area contributed by atoms with Gasteiger partial charge in [0.25, 0.3) is 0 Å². The molecule has 1 unspecified atom stereocenters. The van der Waals surface area contributed by atoms with Gasteiger partial charge in [0.2, 0.25) is 0 Å². The van der Waals surface area contributed by atoms with Crippen molar-refractivity contribution in [1.82, 2.24) is 0 Å². The molecule has 0 heterocycles. The molecule has 70 heavy (non-hydrogen) atoms. The standard InChI is InChI=1S/C64H122O6/c1-4-7-10-13-16-19-22-25-28-30-31-32-33-34-35-37-39-42-45-48-51-54-57-63(66)69-60-61(59-68-62(65)56-53-50-47-44-41-38-27-24-21-18-15-12-9-6-3)70-64(67)58-55-52-49-46-43-40-36-29-26-23-20-17-14-11-8-5-2/h24,27,61H,4-23,25-26,28-60H2,1-3H3/b27-24-. The van der Waals surface area contributed by atoms with Gasteiger partial charge in [0, 0.05) is 19.3 Å². The number of unbranched alkanes of at least 4 members (excludes halogenated alkanes) is 46. The first-order chi connectivity index (χ1) is 34.5. The Bertz CT molecular complexity index is 1090. The maximum atomic E-state index is 12.9. The summed E-state index contributed by atoms with van der Waals surface area (Å²) in [6, 6.07) is 0. The Hall–Kier alpha value is -1.85. The summed E-state index contributed by atoms with van der Waals surface area (Å²) in [5.74, 6) is -0.845. The molecule has 0 bridgehead atoms. The molecule has 0 saturated heterocycles. The highest BCUT2D eigenvalue weighted by atomic mass is 16.6. The first-order valence-corrected chi connectivity index (χ1v) is 31.7. The van der Waals surface area contributed by atoms with Crippen LogP contribution in [0.15, 0.2) is 12.2 Å². The van der Waals surface area contributed by atoms with E-state index in [1.807, 2.05) is 0 Å². The van der Waals surface area contributed by atoms with Gasteiger partial charge >= 0.3 is 17.9 Å². The Labute approximate surface area is 437 Å².